The molecule has 138 valence electrons. The SMILES string of the molecule is O=C(CCCc1ccc(Cl)cc1)N1CCCN(c2ccc(F)cc2)CC1. The molecule has 0 radical (unpaired) electrons. The van der Waals surface area contributed by atoms with Gasteiger partial charge in [0.15, 0.2) is 0 Å². The molecule has 1 amide bonds. The van der Waals surface area contributed by atoms with Gasteiger partial charge in [0.25, 0.3) is 0 Å². The second-order valence-corrected chi connectivity index (χ2v) is 7.11. The predicted molar refractivity (Wildman–Crippen MR) is 104 cm³/mol. The second-order valence-electron chi connectivity index (χ2n) is 6.68. The number of anilines is 1. The van der Waals surface area contributed by atoms with E-state index in [1.54, 1.807) is 12.1 Å². The number of carbonyl (C=O) groups is 1. The van der Waals surface area contributed by atoms with Crippen molar-refractivity contribution in [2.45, 2.75) is 25.7 Å². The van der Waals surface area contributed by atoms with Crippen LogP contribution in [-0.2, 0) is 11.2 Å². The molecule has 0 atom stereocenters. The van der Waals surface area contributed by atoms with Crippen molar-refractivity contribution in [1.29, 1.82) is 0 Å². The average Bonchev–Trinajstić information content (AvgIpc) is 2.90. The zero-order valence-electron chi connectivity index (χ0n) is 14.8. The molecule has 3 nitrogen and oxygen atoms in total. The van der Waals surface area contributed by atoms with E-state index < -0.39 is 0 Å². The van der Waals surface area contributed by atoms with E-state index in [-0.39, 0.29) is 11.7 Å². The summed E-state index contributed by atoms with van der Waals surface area (Å²) >= 11 is 5.89. The van der Waals surface area contributed by atoms with Crippen molar-refractivity contribution in [2.75, 3.05) is 31.1 Å². The summed E-state index contributed by atoms with van der Waals surface area (Å²) in [7, 11) is 0. The lowest BCUT2D eigenvalue weighted by atomic mass is 10.1. The van der Waals surface area contributed by atoms with Gasteiger partial charge in [0.05, 0.1) is 0 Å². The highest BCUT2D eigenvalue weighted by atomic mass is 35.5. The van der Waals surface area contributed by atoms with Gasteiger partial charge in [-0.1, -0.05) is 23.7 Å². The lowest BCUT2D eigenvalue weighted by Crippen LogP contribution is -2.35. The van der Waals surface area contributed by atoms with Crippen molar-refractivity contribution >= 4 is 23.2 Å². The number of carbonyl (C=O) groups excluding carboxylic acids is 1. The number of benzene rings is 2. The van der Waals surface area contributed by atoms with Crippen molar-refractivity contribution in [3.05, 3.63) is 64.9 Å². The molecule has 0 spiro atoms. The lowest BCUT2D eigenvalue weighted by molar-refractivity contribution is -0.131. The van der Waals surface area contributed by atoms with Gasteiger partial charge in [-0.2, -0.15) is 0 Å². The Kier molecular flexibility index (Phi) is 6.51. The first kappa shape index (κ1) is 18.7. The Bertz CT molecular complexity index is 718. The third kappa shape index (κ3) is 5.21. The van der Waals surface area contributed by atoms with Crippen molar-refractivity contribution in [3.8, 4) is 0 Å². The highest BCUT2D eigenvalue weighted by Crippen LogP contribution is 2.18. The fourth-order valence-electron chi connectivity index (χ4n) is 3.33. The number of aryl methyl sites for hydroxylation is 1. The van der Waals surface area contributed by atoms with Gasteiger partial charge in [-0.25, -0.2) is 4.39 Å². The molecule has 0 saturated carbocycles. The smallest absolute Gasteiger partial charge is 0.222 e. The minimum Gasteiger partial charge on any atom is -0.370 e. The Morgan fingerprint density at radius 1 is 0.962 bits per heavy atom. The lowest BCUT2D eigenvalue weighted by Gasteiger charge is -2.23. The molecule has 1 heterocycles. The van der Waals surface area contributed by atoms with Gasteiger partial charge in [-0.05, 0) is 61.2 Å². The fraction of sp³-hybridized carbons (Fsp3) is 0.381. The highest BCUT2D eigenvalue weighted by molar-refractivity contribution is 6.30. The normalized spacial score (nSPS) is 15.0. The average molecular weight is 375 g/mol. The van der Waals surface area contributed by atoms with Crippen LogP contribution in [0, 0.1) is 5.82 Å². The van der Waals surface area contributed by atoms with Gasteiger partial charge >= 0.3 is 0 Å². The minimum absolute atomic E-state index is 0.221. The van der Waals surface area contributed by atoms with Crippen LogP contribution in [-0.4, -0.2) is 37.0 Å². The van der Waals surface area contributed by atoms with Crippen LogP contribution in [0.1, 0.15) is 24.8 Å². The Balaban J connectivity index is 1.46. The number of hydrogen-bond acceptors (Lipinski definition) is 2. The molecule has 0 aromatic heterocycles. The maximum Gasteiger partial charge on any atom is 0.222 e. The van der Waals surface area contributed by atoms with E-state index in [4.69, 9.17) is 11.6 Å². The number of amides is 1. The topological polar surface area (TPSA) is 23.6 Å². The molecule has 5 heteroatoms. The molecule has 0 bridgehead atoms. The second kappa shape index (κ2) is 9.04. The largest absolute Gasteiger partial charge is 0.370 e. The van der Waals surface area contributed by atoms with E-state index in [1.807, 2.05) is 29.2 Å². The summed E-state index contributed by atoms with van der Waals surface area (Å²) in [6.07, 6.45) is 3.23. The molecule has 1 aliphatic heterocycles. The summed E-state index contributed by atoms with van der Waals surface area (Å²) in [6, 6.07) is 14.4. The zero-order chi connectivity index (χ0) is 18.4. The Morgan fingerprint density at radius 2 is 1.69 bits per heavy atom. The summed E-state index contributed by atoms with van der Waals surface area (Å²) < 4.78 is 13.1. The summed E-state index contributed by atoms with van der Waals surface area (Å²) in [5.74, 6) is 0.000910. The van der Waals surface area contributed by atoms with Gasteiger partial charge < -0.3 is 9.80 Å². The van der Waals surface area contributed by atoms with Crippen LogP contribution >= 0.6 is 11.6 Å². The number of nitrogens with zero attached hydrogens (tertiary/aromatic N) is 2. The molecule has 3 rings (SSSR count). The highest BCUT2D eigenvalue weighted by Gasteiger charge is 2.19. The van der Waals surface area contributed by atoms with Crippen LogP contribution in [0.4, 0.5) is 10.1 Å². The van der Waals surface area contributed by atoms with Gasteiger partial charge in [0, 0.05) is 43.3 Å². The van der Waals surface area contributed by atoms with E-state index in [1.165, 1.54) is 17.7 Å². The van der Waals surface area contributed by atoms with Crippen LogP contribution in [0.5, 0.6) is 0 Å². The molecule has 2 aromatic carbocycles. The predicted octanol–water partition coefficient (Wildman–Crippen LogP) is 4.54. The third-order valence-electron chi connectivity index (χ3n) is 4.81. The van der Waals surface area contributed by atoms with Crippen LogP contribution in [0.3, 0.4) is 0 Å². The summed E-state index contributed by atoms with van der Waals surface area (Å²) in [4.78, 5) is 16.7. The molecule has 1 fully saturated rings. The first-order chi connectivity index (χ1) is 12.6. The molecule has 2 aromatic rings. The summed E-state index contributed by atoms with van der Waals surface area (Å²) in [5.41, 5.74) is 2.23. The Hall–Kier alpha value is -2.07. The van der Waals surface area contributed by atoms with Crippen LogP contribution in [0.2, 0.25) is 5.02 Å². The maximum absolute atomic E-state index is 13.1. The summed E-state index contributed by atoms with van der Waals surface area (Å²) in [6.45, 7) is 3.18. The molecule has 1 saturated heterocycles. The molecule has 0 aliphatic carbocycles. The van der Waals surface area contributed by atoms with E-state index in [0.29, 0.717) is 6.42 Å². The van der Waals surface area contributed by atoms with E-state index in [9.17, 15) is 9.18 Å². The Morgan fingerprint density at radius 3 is 2.42 bits per heavy atom. The monoisotopic (exact) mass is 374 g/mol. The quantitative estimate of drug-likeness (QED) is 0.767. The van der Waals surface area contributed by atoms with Crippen molar-refractivity contribution < 1.29 is 9.18 Å². The van der Waals surface area contributed by atoms with E-state index in [0.717, 1.165) is 56.2 Å². The molecular formula is C21H24ClFN2O. The maximum atomic E-state index is 13.1. The standard InChI is InChI=1S/C21H24ClFN2O/c22-18-7-5-17(6-8-18)3-1-4-21(26)25-14-2-13-24(15-16-25)20-11-9-19(23)10-12-20/h5-12H,1-4,13-16H2. The van der Waals surface area contributed by atoms with E-state index >= 15 is 0 Å². The molecular weight excluding hydrogens is 351 g/mol. The van der Waals surface area contributed by atoms with Crippen molar-refractivity contribution in [2.24, 2.45) is 0 Å². The first-order valence-corrected chi connectivity index (χ1v) is 9.52. The van der Waals surface area contributed by atoms with Crippen LogP contribution < -0.4 is 4.90 Å². The van der Waals surface area contributed by atoms with Gasteiger partial charge in [-0.15, -0.1) is 0 Å². The molecule has 0 unspecified atom stereocenters. The fourth-order valence-corrected chi connectivity index (χ4v) is 3.46. The van der Waals surface area contributed by atoms with E-state index in [2.05, 4.69) is 4.90 Å². The first-order valence-electron chi connectivity index (χ1n) is 9.14. The van der Waals surface area contributed by atoms with Crippen LogP contribution in [0.15, 0.2) is 48.5 Å². The minimum atomic E-state index is -0.221. The van der Waals surface area contributed by atoms with Crippen molar-refractivity contribution in [1.82, 2.24) is 4.90 Å². The van der Waals surface area contributed by atoms with Gasteiger partial charge in [0.1, 0.15) is 5.82 Å². The van der Waals surface area contributed by atoms with Crippen LogP contribution in [0.25, 0.3) is 0 Å². The number of halogens is 2. The van der Waals surface area contributed by atoms with Gasteiger partial charge in [-0.3, -0.25) is 4.79 Å². The summed E-state index contributed by atoms with van der Waals surface area (Å²) in [5, 5.41) is 0.736. The molecule has 1 aliphatic rings. The number of rotatable bonds is 5. The molecule has 0 N–H and O–H groups in total. The van der Waals surface area contributed by atoms with Gasteiger partial charge in [0.2, 0.25) is 5.91 Å². The molecule has 26 heavy (non-hydrogen) atoms. The zero-order valence-corrected chi connectivity index (χ0v) is 15.6. The third-order valence-corrected chi connectivity index (χ3v) is 5.06. The Labute approximate surface area is 159 Å². The number of hydrogen-bond donors (Lipinski definition) is 0. The van der Waals surface area contributed by atoms with Crippen molar-refractivity contribution in [3.63, 3.8) is 0 Å².